The Morgan fingerprint density at radius 2 is 1.86 bits per heavy atom. The van der Waals surface area contributed by atoms with Gasteiger partial charge in [0.15, 0.2) is 0 Å². The summed E-state index contributed by atoms with van der Waals surface area (Å²) in [6.07, 6.45) is 5.50. The van der Waals surface area contributed by atoms with Gasteiger partial charge in [-0.15, -0.1) is 0 Å². The Bertz CT molecular complexity index is 62.6. The first-order valence-corrected chi connectivity index (χ1v) is 3.36. The third kappa shape index (κ3) is 1.23. The third-order valence-electron chi connectivity index (χ3n) is 1.59. The highest BCUT2D eigenvalue weighted by Gasteiger charge is 2.10. The Labute approximate surface area is 49.9 Å². The van der Waals surface area contributed by atoms with Gasteiger partial charge in [0, 0.05) is 0 Å². The van der Waals surface area contributed by atoms with Gasteiger partial charge < -0.3 is 0 Å². The van der Waals surface area contributed by atoms with Crippen molar-refractivity contribution in [3.63, 3.8) is 0 Å². The summed E-state index contributed by atoms with van der Waals surface area (Å²) in [6, 6.07) is 0. The molecule has 1 saturated carbocycles. The van der Waals surface area contributed by atoms with Crippen LogP contribution in [0.2, 0.25) is 0 Å². The molecular weight excluding hydrogens is 104 g/mol. The van der Waals surface area contributed by atoms with Gasteiger partial charge in [-0.2, -0.15) is 0 Å². The summed E-state index contributed by atoms with van der Waals surface area (Å²) in [6.45, 7) is 0. The summed E-state index contributed by atoms with van der Waals surface area (Å²) in [7, 11) is 0. The minimum absolute atomic E-state index is 0.787. The summed E-state index contributed by atoms with van der Waals surface area (Å²) in [5, 5.41) is 1.92. The molecule has 40 valence electrons. The molecule has 1 aliphatic rings. The van der Waals surface area contributed by atoms with Crippen molar-refractivity contribution in [3.8, 4) is 0 Å². The van der Waals surface area contributed by atoms with Crippen LogP contribution in [0.4, 0.5) is 0 Å². The molecule has 0 aromatic rings. The Morgan fingerprint density at radius 3 is 2.14 bits per heavy atom. The minimum Gasteiger partial charge on any atom is -0.0932 e. The molecule has 0 radical (unpaired) electrons. The van der Waals surface area contributed by atoms with Crippen molar-refractivity contribution in [1.29, 1.82) is 0 Å². The molecule has 0 unspecified atom stereocenters. The zero-order valence-electron chi connectivity index (χ0n) is 4.39. The number of rotatable bonds is 1. The van der Waals surface area contributed by atoms with Crippen LogP contribution in [-0.2, 0) is 0 Å². The summed E-state index contributed by atoms with van der Waals surface area (Å²) in [4.78, 5) is 0. The Balaban J connectivity index is 2.26. The smallest absolute Gasteiger partial charge is 0.0128 e. The van der Waals surface area contributed by atoms with Crippen molar-refractivity contribution in [2.75, 3.05) is 0 Å². The second kappa shape index (κ2) is 2.41. The van der Waals surface area contributed by atoms with Crippen LogP contribution < -0.4 is 0 Å². The van der Waals surface area contributed by atoms with Crippen molar-refractivity contribution < 1.29 is 0 Å². The molecule has 1 fully saturated rings. The average molecular weight is 114 g/mol. The second-order valence-electron chi connectivity index (χ2n) is 2.18. The lowest BCUT2D eigenvalue weighted by Gasteiger charge is -1.93. The molecule has 0 aromatic carbocycles. The maximum Gasteiger partial charge on any atom is -0.0128 e. The fourth-order valence-corrected chi connectivity index (χ4v) is 1.37. The van der Waals surface area contributed by atoms with Gasteiger partial charge in [0.2, 0.25) is 0 Å². The van der Waals surface area contributed by atoms with Crippen molar-refractivity contribution in [1.82, 2.24) is 0 Å². The quantitative estimate of drug-likeness (QED) is 0.471. The van der Waals surface area contributed by atoms with E-state index >= 15 is 0 Å². The third-order valence-corrected chi connectivity index (χ3v) is 1.98. The minimum atomic E-state index is 0.787. The molecule has 0 heterocycles. The van der Waals surface area contributed by atoms with Crippen LogP contribution in [0.25, 0.3) is 0 Å². The highest BCUT2D eigenvalue weighted by Crippen LogP contribution is 2.22. The average Bonchev–Trinajstić information content (AvgIpc) is 2.14. The zero-order chi connectivity index (χ0) is 5.11. The predicted molar refractivity (Wildman–Crippen MR) is 35.6 cm³/mol. The number of hydrogen-bond donors (Lipinski definition) is 0. The van der Waals surface area contributed by atoms with E-state index in [4.69, 9.17) is 12.2 Å². The summed E-state index contributed by atoms with van der Waals surface area (Å²) in [5.41, 5.74) is 0. The monoisotopic (exact) mass is 114 g/mol. The van der Waals surface area contributed by atoms with Crippen molar-refractivity contribution in [3.05, 3.63) is 0 Å². The second-order valence-corrected chi connectivity index (χ2v) is 2.45. The van der Waals surface area contributed by atoms with Gasteiger partial charge in [-0.25, -0.2) is 0 Å². The molecule has 0 spiro atoms. The van der Waals surface area contributed by atoms with Crippen LogP contribution in [-0.4, -0.2) is 5.37 Å². The largest absolute Gasteiger partial charge is 0.0932 e. The van der Waals surface area contributed by atoms with Crippen LogP contribution in [0.1, 0.15) is 25.7 Å². The van der Waals surface area contributed by atoms with Crippen molar-refractivity contribution in [2.45, 2.75) is 25.7 Å². The SMILES string of the molecule is S=CC1CCCC1. The van der Waals surface area contributed by atoms with Gasteiger partial charge in [0.25, 0.3) is 0 Å². The van der Waals surface area contributed by atoms with Gasteiger partial charge in [-0.3, -0.25) is 0 Å². The van der Waals surface area contributed by atoms with Gasteiger partial charge in [0.05, 0.1) is 0 Å². The van der Waals surface area contributed by atoms with Gasteiger partial charge in [-0.05, 0) is 24.1 Å². The molecule has 7 heavy (non-hydrogen) atoms. The first kappa shape index (κ1) is 5.23. The van der Waals surface area contributed by atoms with Crippen LogP contribution in [0, 0.1) is 5.92 Å². The summed E-state index contributed by atoms with van der Waals surface area (Å²) in [5.74, 6) is 0.787. The molecule has 0 nitrogen and oxygen atoms in total. The van der Waals surface area contributed by atoms with Crippen LogP contribution in [0.3, 0.4) is 0 Å². The van der Waals surface area contributed by atoms with E-state index in [9.17, 15) is 0 Å². The normalized spacial score (nSPS) is 22.9. The molecule has 1 rings (SSSR count). The first-order chi connectivity index (χ1) is 3.43. The van der Waals surface area contributed by atoms with Crippen molar-refractivity contribution in [2.24, 2.45) is 5.92 Å². The molecule has 1 aliphatic carbocycles. The fourth-order valence-electron chi connectivity index (χ4n) is 1.09. The first-order valence-electron chi connectivity index (χ1n) is 2.89. The van der Waals surface area contributed by atoms with E-state index in [2.05, 4.69) is 0 Å². The zero-order valence-corrected chi connectivity index (χ0v) is 5.21. The van der Waals surface area contributed by atoms with E-state index in [0.29, 0.717) is 0 Å². The number of hydrogen-bond acceptors (Lipinski definition) is 1. The highest BCUT2D eigenvalue weighted by atomic mass is 32.1. The van der Waals surface area contributed by atoms with Crippen LogP contribution in [0.15, 0.2) is 0 Å². The molecule has 0 aliphatic heterocycles. The number of thiocarbonyl (C=S) groups is 1. The van der Waals surface area contributed by atoms with Crippen LogP contribution >= 0.6 is 12.2 Å². The Kier molecular flexibility index (Phi) is 1.80. The molecule has 0 amide bonds. The lowest BCUT2D eigenvalue weighted by Crippen LogP contribution is -1.88. The van der Waals surface area contributed by atoms with E-state index in [0.717, 1.165) is 5.92 Å². The van der Waals surface area contributed by atoms with Crippen molar-refractivity contribution >= 4 is 17.6 Å². The topological polar surface area (TPSA) is 0 Å². The molecular formula is C6H10S. The molecule has 1 heteroatoms. The van der Waals surface area contributed by atoms with E-state index in [1.54, 1.807) is 0 Å². The molecule has 0 N–H and O–H groups in total. The van der Waals surface area contributed by atoms with Gasteiger partial charge in [-0.1, -0.05) is 25.1 Å². The lowest BCUT2D eigenvalue weighted by atomic mass is 10.1. The highest BCUT2D eigenvalue weighted by molar-refractivity contribution is 7.79. The van der Waals surface area contributed by atoms with Gasteiger partial charge >= 0.3 is 0 Å². The maximum atomic E-state index is 4.79. The molecule has 0 saturated heterocycles. The van der Waals surface area contributed by atoms with E-state index in [1.807, 2.05) is 5.37 Å². The predicted octanol–water partition coefficient (Wildman–Crippen LogP) is 2.18. The molecule has 0 bridgehead atoms. The lowest BCUT2D eigenvalue weighted by molar-refractivity contribution is 0.753. The molecule has 0 atom stereocenters. The summed E-state index contributed by atoms with van der Waals surface area (Å²) < 4.78 is 0. The standard InChI is InChI=1S/C6H10S/c7-5-6-3-1-2-4-6/h5-6H,1-4H2. The maximum absolute atomic E-state index is 4.79. The summed E-state index contributed by atoms with van der Waals surface area (Å²) >= 11 is 4.79. The van der Waals surface area contributed by atoms with E-state index in [1.165, 1.54) is 25.7 Å². The Morgan fingerprint density at radius 1 is 1.29 bits per heavy atom. The van der Waals surface area contributed by atoms with E-state index in [-0.39, 0.29) is 0 Å². The van der Waals surface area contributed by atoms with E-state index < -0.39 is 0 Å². The molecule has 0 aromatic heterocycles. The fraction of sp³-hybridized carbons (Fsp3) is 0.833. The van der Waals surface area contributed by atoms with Crippen LogP contribution in [0.5, 0.6) is 0 Å². The Hall–Kier alpha value is 0.0900. The van der Waals surface area contributed by atoms with Gasteiger partial charge in [0.1, 0.15) is 0 Å².